The number of amides is 1. The molecule has 1 rings (SSSR count). The van der Waals surface area contributed by atoms with Gasteiger partial charge < -0.3 is 15.8 Å². The van der Waals surface area contributed by atoms with Gasteiger partial charge in [0.2, 0.25) is 5.91 Å². The molecule has 3 N–H and O–H groups in total. The number of rotatable bonds is 4. The Morgan fingerprint density at radius 1 is 1.50 bits per heavy atom. The maximum absolute atomic E-state index is 10.8. The lowest BCUT2D eigenvalue weighted by atomic mass is 10.3. The van der Waals surface area contributed by atoms with Gasteiger partial charge in [0.25, 0.3) is 0 Å². The molecule has 1 aromatic rings. The molecule has 0 aromatic heterocycles. The van der Waals surface area contributed by atoms with Gasteiger partial charge in [-0.25, -0.2) is 0 Å². The largest absolute Gasteiger partial charge is 0.490 e. The zero-order valence-corrected chi connectivity index (χ0v) is 8.12. The second-order valence-corrected chi connectivity index (χ2v) is 2.81. The zero-order chi connectivity index (χ0) is 10.4. The van der Waals surface area contributed by atoms with E-state index in [4.69, 9.17) is 10.5 Å². The van der Waals surface area contributed by atoms with E-state index in [0.717, 1.165) is 0 Å². The van der Waals surface area contributed by atoms with E-state index >= 15 is 0 Å². The number of hydrogen-bond acceptors (Lipinski definition) is 3. The van der Waals surface area contributed by atoms with Crippen LogP contribution in [0.5, 0.6) is 5.75 Å². The van der Waals surface area contributed by atoms with Crippen molar-refractivity contribution in [3.8, 4) is 5.75 Å². The summed E-state index contributed by atoms with van der Waals surface area (Å²) in [7, 11) is 0. The van der Waals surface area contributed by atoms with Gasteiger partial charge in [-0.05, 0) is 12.1 Å². The highest BCUT2D eigenvalue weighted by atomic mass is 16.5. The molecule has 0 saturated carbocycles. The van der Waals surface area contributed by atoms with Gasteiger partial charge in [-0.2, -0.15) is 0 Å². The molecule has 0 aliphatic rings. The molecule has 4 heteroatoms. The standard InChI is InChI=1S/C10H14N2O2/c1-8(13)12-9-4-2-3-5-10(9)14-7-6-11/h2-5H,6-7,11H2,1H3,(H,12,13). The fourth-order valence-electron chi connectivity index (χ4n) is 1.05. The fraction of sp³-hybridized carbons (Fsp3) is 0.300. The van der Waals surface area contributed by atoms with Crippen molar-refractivity contribution in [2.75, 3.05) is 18.5 Å². The topological polar surface area (TPSA) is 64.3 Å². The Kier molecular flexibility index (Phi) is 3.94. The number of ether oxygens (including phenoxy) is 1. The molecule has 0 unspecified atom stereocenters. The van der Waals surface area contributed by atoms with Crippen LogP contribution in [0.1, 0.15) is 6.92 Å². The summed E-state index contributed by atoms with van der Waals surface area (Å²) in [5, 5.41) is 2.68. The first-order valence-electron chi connectivity index (χ1n) is 4.43. The van der Waals surface area contributed by atoms with Gasteiger partial charge in [0.05, 0.1) is 5.69 Å². The summed E-state index contributed by atoms with van der Waals surface area (Å²) in [5.41, 5.74) is 5.99. The first-order valence-corrected chi connectivity index (χ1v) is 4.43. The fourth-order valence-corrected chi connectivity index (χ4v) is 1.05. The Bertz CT molecular complexity index is 313. The molecule has 0 aliphatic heterocycles. The quantitative estimate of drug-likeness (QED) is 0.751. The van der Waals surface area contributed by atoms with Crippen LogP contribution in [0.2, 0.25) is 0 Å². The Balaban J connectivity index is 2.74. The van der Waals surface area contributed by atoms with E-state index in [1.165, 1.54) is 6.92 Å². The molecule has 0 spiro atoms. The Morgan fingerprint density at radius 3 is 2.86 bits per heavy atom. The van der Waals surface area contributed by atoms with Gasteiger partial charge in [0, 0.05) is 13.5 Å². The molecular formula is C10H14N2O2. The number of nitrogens with one attached hydrogen (secondary N) is 1. The molecule has 4 nitrogen and oxygen atoms in total. The van der Waals surface area contributed by atoms with Gasteiger partial charge in [-0.1, -0.05) is 12.1 Å². The molecule has 0 heterocycles. The molecule has 0 fully saturated rings. The highest BCUT2D eigenvalue weighted by Crippen LogP contribution is 2.23. The monoisotopic (exact) mass is 194 g/mol. The normalized spacial score (nSPS) is 9.57. The van der Waals surface area contributed by atoms with Crippen LogP contribution in [0.3, 0.4) is 0 Å². The second-order valence-electron chi connectivity index (χ2n) is 2.81. The van der Waals surface area contributed by atoms with Crippen LogP contribution in [0.25, 0.3) is 0 Å². The van der Waals surface area contributed by atoms with Crippen molar-refractivity contribution in [1.29, 1.82) is 0 Å². The summed E-state index contributed by atoms with van der Waals surface area (Å²) in [5.74, 6) is 0.530. The molecule has 0 radical (unpaired) electrons. The van der Waals surface area contributed by atoms with Crippen LogP contribution in [0.4, 0.5) is 5.69 Å². The number of carbonyl (C=O) groups is 1. The lowest BCUT2D eigenvalue weighted by molar-refractivity contribution is -0.114. The van der Waals surface area contributed by atoms with Gasteiger partial charge in [-0.3, -0.25) is 4.79 Å². The van der Waals surface area contributed by atoms with Crippen molar-refractivity contribution in [3.63, 3.8) is 0 Å². The second kappa shape index (κ2) is 5.24. The first-order chi connectivity index (χ1) is 6.74. The van der Waals surface area contributed by atoms with Crippen LogP contribution in [0, 0.1) is 0 Å². The van der Waals surface area contributed by atoms with E-state index in [2.05, 4.69) is 5.32 Å². The zero-order valence-electron chi connectivity index (χ0n) is 8.12. The maximum atomic E-state index is 10.8. The summed E-state index contributed by atoms with van der Waals surface area (Å²) < 4.78 is 5.35. The molecule has 1 aromatic carbocycles. The lowest BCUT2D eigenvalue weighted by Gasteiger charge is -2.10. The predicted octanol–water partition coefficient (Wildman–Crippen LogP) is 0.982. The Labute approximate surface area is 83.1 Å². The number of para-hydroxylation sites is 2. The SMILES string of the molecule is CC(=O)Nc1ccccc1OCCN. The van der Waals surface area contributed by atoms with Crippen molar-refractivity contribution >= 4 is 11.6 Å². The van der Waals surface area contributed by atoms with Crippen LogP contribution in [-0.2, 0) is 4.79 Å². The third kappa shape index (κ3) is 3.06. The van der Waals surface area contributed by atoms with Crippen LogP contribution in [0.15, 0.2) is 24.3 Å². The lowest BCUT2D eigenvalue weighted by Crippen LogP contribution is -2.13. The molecule has 1 amide bonds. The number of hydrogen-bond donors (Lipinski definition) is 2. The third-order valence-corrected chi connectivity index (χ3v) is 1.57. The number of benzene rings is 1. The van der Waals surface area contributed by atoms with E-state index < -0.39 is 0 Å². The Hall–Kier alpha value is -1.55. The molecule has 14 heavy (non-hydrogen) atoms. The molecule has 0 bridgehead atoms. The number of nitrogens with two attached hydrogens (primary N) is 1. The summed E-state index contributed by atoms with van der Waals surface area (Å²) >= 11 is 0. The van der Waals surface area contributed by atoms with Gasteiger partial charge in [0.15, 0.2) is 0 Å². The summed E-state index contributed by atoms with van der Waals surface area (Å²) in [6.07, 6.45) is 0. The molecule has 0 atom stereocenters. The minimum atomic E-state index is -0.117. The van der Waals surface area contributed by atoms with Crippen molar-refractivity contribution in [2.45, 2.75) is 6.92 Å². The highest BCUT2D eigenvalue weighted by Gasteiger charge is 2.02. The van der Waals surface area contributed by atoms with Crippen molar-refractivity contribution in [2.24, 2.45) is 5.73 Å². The number of carbonyl (C=O) groups excluding carboxylic acids is 1. The Morgan fingerprint density at radius 2 is 2.21 bits per heavy atom. The smallest absolute Gasteiger partial charge is 0.221 e. The molecular weight excluding hydrogens is 180 g/mol. The molecule has 76 valence electrons. The number of anilines is 1. The van der Waals surface area contributed by atoms with E-state index in [1.54, 1.807) is 12.1 Å². The van der Waals surface area contributed by atoms with Crippen molar-refractivity contribution < 1.29 is 9.53 Å². The molecule has 0 aliphatic carbocycles. The average Bonchev–Trinajstić information content (AvgIpc) is 2.16. The van der Waals surface area contributed by atoms with E-state index in [9.17, 15) is 4.79 Å². The first kappa shape index (κ1) is 10.5. The summed E-state index contributed by atoms with van der Waals surface area (Å²) in [4.78, 5) is 10.8. The van der Waals surface area contributed by atoms with Gasteiger partial charge >= 0.3 is 0 Å². The molecule has 0 saturated heterocycles. The van der Waals surface area contributed by atoms with Crippen LogP contribution >= 0.6 is 0 Å². The van der Waals surface area contributed by atoms with E-state index in [-0.39, 0.29) is 5.91 Å². The van der Waals surface area contributed by atoms with E-state index in [0.29, 0.717) is 24.6 Å². The van der Waals surface area contributed by atoms with Gasteiger partial charge in [-0.15, -0.1) is 0 Å². The van der Waals surface area contributed by atoms with Crippen LogP contribution in [-0.4, -0.2) is 19.1 Å². The van der Waals surface area contributed by atoms with Gasteiger partial charge in [0.1, 0.15) is 12.4 Å². The van der Waals surface area contributed by atoms with Crippen molar-refractivity contribution in [1.82, 2.24) is 0 Å². The summed E-state index contributed by atoms with van der Waals surface area (Å²) in [6, 6.07) is 7.26. The van der Waals surface area contributed by atoms with E-state index in [1.807, 2.05) is 12.1 Å². The highest BCUT2D eigenvalue weighted by molar-refractivity contribution is 5.90. The summed E-state index contributed by atoms with van der Waals surface area (Å²) in [6.45, 7) is 2.35. The average molecular weight is 194 g/mol. The maximum Gasteiger partial charge on any atom is 0.221 e. The van der Waals surface area contributed by atoms with Crippen LogP contribution < -0.4 is 15.8 Å². The third-order valence-electron chi connectivity index (χ3n) is 1.57. The minimum absolute atomic E-state index is 0.117. The minimum Gasteiger partial charge on any atom is -0.490 e. The van der Waals surface area contributed by atoms with Crippen molar-refractivity contribution in [3.05, 3.63) is 24.3 Å². The predicted molar refractivity (Wildman–Crippen MR) is 55.3 cm³/mol.